The predicted octanol–water partition coefficient (Wildman–Crippen LogP) is 2.22. The van der Waals surface area contributed by atoms with Gasteiger partial charge in [0.25, 0.3) is 0 Å². The number of carbonyl (C=O) groups is 1. The Bertz CT molecular complexity index is 338. The van der Waals surface area contributed by atoms with E-state index in [1.165, 1.54) is 77.0 Å². The molecule has 0 aromatic heterocycles. The minimum Gasteiger partial charge on any atom is -0.542 e. The van der Waals surface area contributed by atoms with Crippen LogP contribution in [0.3, 0.4) is 0 Å². The number of hydrogen-bond acceptors (Lipinski definition) is 3. The number of carboxylic acid groups (broad SMARTS) is 1. The summed E-state index contributed by atoms with van der Waals surface area (Å²) in [7, 11) is 0. The van der Waals surface area contributed by atoms with Crippen molar-refractivity contribution >= 4 is 5.97 Å². The first-order valence-electron chi connectivity index (χ1n) is 9.45. The van der Waals surface area contributed by atoms with Gasteiger partial charge < -0.3 is 15.0 Å². The minimum atomic E-state index is -1.53. The van der Waals surface area contributed by atoms with Crippen molar-refractivity contribution < 1.29 is 66.4 Å². The van der Waals surface area contributed by atoms with Crippen molar-refractivity contribution in [2.45, 2.75) is 96.8 Å². The maximum atomic E-state index is 10.2. The summed E-state index contributed by atoms with van der Waals surface area (Å²) in [4.78, 5) is 10.2. The second-order valence-electron chi connectivity index (χ2n) is 6.30. The first kappa shape index (κ1) is 26.6. The van der Waals surface area contributed by atoms with Crippen molar-refractivity contribution in [3.05, 3.63) is 24.0 Å². The molecular weight excluding hydrogens is 327 g/mol. The molecule has 4 heteroatoms. The monoisotopic (exact) mass is 362 g/mol. The van der Waals surface area contributed by atoms with Gasteiger partial charge in [0, 0.05) is 0 Å². The van der Waals surface area contributed by atoms with Crippen LogP contribution in [-0.2, 0) is 4.79 Å². The zero-order valence-electron chi connectivity index (χ0n) is 15.9. The third kappa shape index (κ3) is 20.4. The normalized spacial score (nSPS) is 11.6. The molecule has 0 rings (SSSR count). The number of carbonyl (C=O) groups excluding carboxylic acids is 1. The third-order valence-electron chi connectivity index (χ3n) is 4.07. The van der Waals surface area contributed by atoms with Crippen LogP contribution in [0.25, 0.3) is 0 Å². The number of rotatable bonds is 16. The topological polar surface area (TPSA) is 60.4 Å². The van der Waals surface area contributed by atoms with E-state index in [0.717, 1.165) is 18.9 Å². The Labute approximate surface area is 191 Å². The summed E-state index contributed by atoms with van der Waals surface area (Å²) in [6.07, 6.45) is 23.0. The van der Waals surface area contributed by atoms with Gasteiger partial charge in [-0.25, -0.2) is 0 Å². The number of aliphatic hydroxyl groups excluding tert-OH is 1. The molecule has 0 aliphatic heterocycles. The van der Waals surface area contributed by atoms with Crippen LogP contribution in [0.4, 0.5) is 0 Å². The summed E-state index contributed by atoms with van der Waals surface area (Å²) in [5, 5.41) is 19.1. The van der Waals surface area contributed by atoms with Gasteiger partial charge in [-0.05, 0) is 18.9 Å². The third-order valence-corrected chi connectivity index (χ3v) is 4.07. The smallest absolute Gasteiger partial charge is 0.542 e. The van der Waals surface area contributed by atoms with E-state index in [1.807, 2.05) is 6.08 Å². The van der Waals surface area contributed by atoms with E-state index in [-0.39, 0.29) is 51.4 Å². The van der Waals surface area contributed by atoms with Crippen molar-refractivity contribution in [2.24, 2.45) is 0 Å². The molecule has 0 atom stereocenters. The molecule has 0 saturated carbocycles. The van der Waals surface area contributed by atoms with E-state index in [4.69, 9.17) is 5.11 Å². The van der Waals surface area contributed by atoms with E-state index in [0.29, 0.717) is 0 Å². The second-order valence-corrected chi connectivity index (χ2v) is 6.30. The molecule has 24 heavy (non-hydrogen) atoms. The first-order valence-corrected chi connectivity index (χ1v) is 9.45. The fraction of sp³-hybridized carbons (Fsp3) is 0.750. The SMILES string of the molecule is CCCCCCCCCCCCCCCC=CC=C(O)C(=O)[O-].[K+]. The molecule has 0 saturated heterocycles. The molecular formula is C20H35KO3. The Morgan fingerprint density at radius 3 is 1.67 bits per heavy atom. The molecule has 0 bridgehead atoms. The molecule has 0 spiro atoms. The summed E-state index contributed by atoms with van der Waals surface area (Å²) in [5.41, 5.74) is 0. The molecule has 0 fully saturated rings. The van der Waals surface area contributed by atoms with Gasteiger partial charge in [0.1, 0.15) is 11.7 Å². The van der Waals surface area contributed by atoms with Crippen LogP contribution in [0, 0.1) is 0 Å². The Balaban J connectivity index is 0. The number of hydrogen-bond donors (Lipinski definition) is 1. The molecule has 1 N–H and O–H groups in total. The average Bonchev–Trinajstić information content (AvgIpc) is 2.54. The van der Waals surface area contributed by atoms with Gasteiger partial charge in [0.2, 0.25) is 0 Å². The quantitative estimate of drug-likeness (QED) is 0.151. The zero-order chi connectivity index (χ0) is 17.2. The van der Waals surface area contributed by atoms with Crippen molar-refractivity contribution in [3.63, 3.8) is 0 Å². The summed E-state index contributed by atoms with van der Waals surface area (Å²) < 4.78 is 0. The molecule has 0 aliphatic carbocycles. The van der Waals surface area contributed by atoms with Gasteiger partial charge in [-0.15, -0.1) is 0 Å². The molecule has 0 heterocycles. The van der Waals surface area contributed by atoms with Crippen LogP contribution in [0.5, 0.6) is 0 Å². The molecule has 134 valence electrons. The van der Waals surface area contributed by atoms with E-state index in [9.17, 15) is 9.90 Å². The number of carboxylic acids is 1. The summed E-state index contributed by atoms with van der Waals surface area (Å²) in [6.45, 7) is 2.26. The fourth-order valence-corrected chi connectivity index (χ4v) is 2.60. The standard InChI is InChI=1S/C20H36O3.K/c1-2-3-4-5-6-7-8-9-10-11-12-13-14-15-16-17-18-19(21)20(22)23;/h16-18,21H,2-15H2,1H3,(H,22,23);/q;+1/p-1. The molecule has 0 amide bonds. The van der Waals surface area contributed by atoms with Gasteiger partial charge in [0.05, 0.1) is 0 Å². The van der Waals surface area contributed by atoms with E-state index in [2.05, 4.69) is 6.92 Å². The van der Waals surface area contributed by atoms with Gasteiger partial charge in [0.15, 0.2) is 0 Å². The van der Waals surface area contributed by atoms with Crippen molar-refractivity contribution in [2.75, 3.05) is 0 Å². The average molecular weight is 363 g/mol. The summed E-state index contributed by atoms with van der Waals surface area (Å²) >= 11 is 0. The number of aliphatic hydroxyl groups is 1. The Hall–Kier alpha value is 0.386. The van der Waals surface area contributed by atoms with Crippen molar-refractivity contribution in [3.8, 4) is 0 Å². The van der Waals surface area contributed by atoms with E-state index in [1.54, 1.807) is 6.08 Å². The van der Waals surface area contributed by atoms with Crippen LogP contribution in [-0.4, -0.2) is 11.1 Å². The van der Waals surface area contributed by atoms with Gasteiger partial charge in [-0.2, -0.15) is 0 Å². The molecule has 0 aromatic rings. The number of aliphatic carboxylic acids is 1. The Kier molecular flexibility index (Phi) is 23.8. The van der Waals surface area contributed by atoms with Crippen LogP contribution < -0.4 is 56.5 Å². The summed E-state index contributed by atoms with van der Waals surface area (Å²) in [6, 6.07) is 0. The number of unbranched alkanes of at least 4 members (excludes halogenated alkanes) is 13. The second kappa shape index (κ2) is 21.4. The molecule has 0 aromatic carbocycles. The van der Waals surface area contributed by atoms with Gasteiger partial charge in [-0.3, -0.25) is 0 Å². The fourth-order valence-electron chi connectivity index (χ4n) is 2.60. The van der Waals surface area contributed by atoms with Crippen molar-refractivity contribution in [1.82, 2.24) is 0 Å². The molecule has 0 unspecified atom stereocenters. The van der Waals surface area contributed by atoms with Crippen LogP contribution in [0.15, 0.2) is 24.0 Å². The number of allylic oxidation sites excluding steroid dienone is 3. The maximum absolute atomic E-state index is 10.2. The van der Waals surface area contributed by atoms with Crippen LogP contribution in [0.1, 0.15) is 96.8 Å². The first-order chi connectivity index (χ1) is 11.2. The van der Waals surface area contributed by atoms with Gasteiger partial charge in [-0.1, -0.05) is 96.1 Å². The summed E-state index contributed by atoms with van der Waals surface area (Å²) in [5.74, 6) is -2.25. The van der Waals surface area contributed by atoms with Crippen molar-refractivity contribution in [1.29, 1.82) is 0 Å². The maximum Gasteiger partial charge on any atom is 1.00 e. The Morgan fingerprint density at radius 1 is 0.833 bits per heavy atom. The zero-order valence-corrected chi connectivity index (χ0v) is 19.0. The van der Waals surface area contributed by atoms with Gasteiger partial charge >= 0.3 is 51.4 Å². The minimum absolute atomic E-state index is 0. The largest absolute Gasteiger partial charge is 1.00 e. The molecule has 0 aliphatic rings. The molecule has 3 nitrogen and oxygen atoms in total. The van der Waals surface area contributed by atoms with Crippen LogP contribution >= 0.6 is 0 Å². The molecule has 0 radical (unpaired) electrons. The predicted molar refractivity (Wildman–Crippen MR) is 95.2 cm³/mol. The Morgan fingerprint density at radius 2 is 1.25 bits per heavy atom. The van der Waals surface area contributed by atoms with E-state index < -0.39 is 11.7 Å². The van der Waals surface area contributed by atoms with Crippen LogP contribution in [0.2, 0.25) is 0 Å². The van der Waals surface area contributed by atoms with E-state index >= 15 is 0 Å².